The molecule has 0 heterocycles. The van der Waals surface area contributed by atoms with E-state index < -0.39 is 36.1 Å². The van der Waals surface area contributed by atoms with Crippen molar-refractivity contribution in [3.63, 3.8) is 0 Å². The monoisotopic (exact) mass is 639 g/mol. The quantitative estimate of drug-likeness (QED) is 0.233. The van der Waals surface area contributed by atoms with E-state index in [-0.39, 0.29) is 44.4 Å². The van der Waals surface area contributed by atoms with Gasteiger partial charge < -0.3 is 30.3 Å². The van der Waals surface area contributed by atoms with Crippen LogP contribution in [0.3, 0.4) is 0 Å². The van der Waals surface area contributed by atoms with Crippen LogP contribution in [-0.4, -0.2) is 92.9 Å². The molecule has 0 saturated heterocycles. The molecule has 0 aliphatic heterocycles. The van der Waals surface area contributed by atoms with Crippen molar-refractivity contribution in [1.29, 1.82) is 0 Å². The smallest absolute Gasteiger partial charge is 0.408 e. The lowest BCUT2D eigenvalue weighted by atomic mass is 9.84. The van der Waals surface area contributed by atoms with E-state index in [9.17, 15) is 24.0 Å². The number of nitrogens with zero attached hydrogens (tertiary/aromatic N) is 2. The third kappa shape index (κ3) is 13.4. The topological polar surface area (TPSA) is 156 Å². The lowest BCUT2D eigenvalue weighted by Gasteiger charge is -2.29. The van der Waals surface area contributed by atoms with E-state index in [4.69, 9.17) is 25.9 Å². The molecule has 0 radical (unpaired) electrons. The molecule has 1 fully saturated rings. The number of carbonyl (C=O) groups is 5. The average molecular weight is 640 g/mol. The zero-order valence-electron chi connectivity index (χ0n) is 26.1. The summed E-state index contributed by atoms with van der Waals surface area (Å²) in [4.78, 5) is 70.1. The number of halogens is 1. The zero-order valence-corrected chi connectivity index (χ0v) is 26.8. The van der Waals surface area contributed by atoms with E-state index in [1.165, 1.54) is 19.1 Å². The Morgan fingerprint density at radius 3 is 2.39 bits per heavy atom. The predicted octanol–water partition coefficient (Wildman–Crippen LogP) is 3.39. The van der Waals surface area contributed by atoms with Crippen molar-refractivity contribution in [3.8, 4) is 0 Å². The van der Waals surface area contributed by atoms with Gasteiger partial charge in [0.15, 0.2) is 0 Å². The number of amides is 5. The SMILES string of the molecule is CCNC(=O)OCCN(C)C(=O)CC[C@H](NC(=O)[C@H](CC1CCCCC1)NC(=O)OCc1cccc(Cl)c1)C(=O)N(C)OC. The molecule has 0 aromatic heterocycles. The molecule has 44 heavy (non-hydrogen) atoms. The lowest BCUT2D eigenvalue weighted by molar-refractivity contribution is -0.172. The number of nitrogens with one attached hydrogen (secondary N) is 3. The maximum absolute atomic E-state index is 13.6. The highest BCUT2D eigenvalue weighted by Gasteiger charge is 2.31. The van der Waals surface area contributed by atoms with Crippen LogP contribution in [0.15, 0.2) is 24.3 Å². The number of likely N-dealkylation sites (N-methyl/N-ethyl adjacent to an activating group) is 2. The minimum atomic E-state index is -1.10. The number of benzene rings is 1. The molecule has 0 spiro atoms. The van der Waals surface area contributed by atoms with Crippen LogP contribution in [0.2, 0.25) is 5.02 Å². The van der Waals surface area contributed by atoms with Gasteiger partial charge in [-0.05, 0) is 43.4 Å². The summed E-state index contributed by atoms with van der Waals surface area (Å²) in [6.07, 6.45) is 4.02. The Balaban J connectivity index is 2.06. The minimum Gasteiger partial charge on any atom is -0.448 e. The molecule has 14 heteroatoms. The molecule has 1 saturated carbocycles. The van der Waals surface area contributed by atoms with E-state index in [1.807, 2.05) is 0 Å². The van der Waals surface area contributed by atoms with Crippen molar-refractivity contribution >= 4 is 41.5 Å². The van der Waals surface area contributed by atoms with Crippen molar-refractivity contribution in [2.45, 2.75) is 77.0 Å². The molecule has 1 aromatic carbocycles. The summed E-state index contributed by atoms with van der Waals surface area (Å²) in [5, 5.41) is 9.39. The normalized spacial score (nSPS) is 14.5. The molecular weight excluding hydrogens is 594 g/mol. The molecule has 0 unspecified atom stereocenters. The number of hydrogen-bond acceptors (Lipinski definition) is 8. The third-order valence-corrected chi connectivity index (χ3v) is 7.65. The first-order valence-corrected chi connectivity index (χ1v) is 15.4. The first-order valence-electron chi connectivity index (χ1n) is 15.0. The fourth-order valence-corrected chi connectivity index (χ4v) is 5.05. The standard InChI is InChI=1S/C30H46ClN5O8/c1-5-32-29(40)43-17-16-35(2)26(37)15-14-24(28(39)36(3)42-4)33-27(38)25(19-21-10-7-6-8-11-21)34-30(41)44-20-22-12-9-13-23(31)18-22/h9,12-13,18,21,24-25H,5-8,10-11,14-17,19-20H2,1-4H3,(H,32,40)(H,33,38)(H,34,41)/t24-,25-/m0/s1. The van der Waals surface area contributed by atoms with Crippen LogP contribution < -0.4 is 16.0 Å². The Kier molecular flexibility index (Phi) is 16.3. The number of rotatable bonds is 16. The first-order chi connectivity index (χ1) is 21.0. The largest absolute Gasteiger partial charge is 0.448 e. The summed E-state index contributed by atoms with van der Waals surface area (Å²) in [6, 6.07) is 4.84. The summed E-state index contributed by atoms with van der Waals surface area (Å²) < 4.78 is 10.4. The molecule has 1 aliphatic rings. The fourth-order valence-electron chi connectivity index (χ4n) is 4.84. The highest BCUT2D eigenvalue weighted by molar-refractivity contribution is 6.30. The Morgan fingerprint density at radius 1 is 1.00 bits per heavy atom. The average Bonchev–Trinajstić information content (AvgIpc) is 3.01. The van der Waals surface area contributed by atoms with Gasteiger partial charge in [-0.15, -0.1) is 0 Å². The molecule has 1 aromatic rings. The summed E-state index contributed by atoms with van der Waals surface area (Å²) in [5.74, 6) is -1.21. The predicted molar refractivity (Wildman–Crippen MR) is 163 cm³/mol. The Morgan fingerprint density at radius 2 is 1.73 bits per heavy atom. The third-order valence-electron chi connectivity index (χ3n) is 7.41. The van der Waals surface area contributed by atoms with Crippen molar-refractivity contribution in [2.24, 2.45) is 5.92 Å². The second-order valence-electron chi connectivity index (χ2n) is 10.7. The van der Waals surface area contributed by atoms with E-state index in [0.29, 0.717) is 23.6 Å². The number of hydrogen-bond donors (Lipinski definition) is 3. The molecule has 3 N–H and O–H groups in total. The highest BCUT2D eigenvalue weighted by Crippen LogP contribution is 2.27. The molecular formula is C30H46ClN5O8. The highest BCUT2D eigenvalue weighted by atomic mass is 35.5. The molecule has 2 atom stereocenters. The Labute approximate surface area is 264 Å². The molecule has 13 nitrogen and oxygen atoms in total. The van der Waals surface area contributed by atoms with Gasteiger partial charge in [0.2, 0.25) is 11.8 Å². The second kappa shape index (κ2) is 19.6. The van der Waals surface area contributed by atoms with E-state index in [0.717, 1.165) is 37.2 Å². The van der Waals surface area contributed by atoms with Crippen LogP contribution in [0.5, 0.6) is 0 Å². The fraction of sp³-hybridized carbons (Fsp3) is 0.633. The zero-order chi connectivity index (χ0) is 32.5. The van der Waals surface area contributed by atoms with Crippen LogP contribution in [0, 0.1) is 5.92 Å². The summed E-state index contributed by atoms with van der Waals surface area (Å²) in [7, 11) is 4.27. The first kappa shape index (κ1) is 36.6. The van der Waals surface area contributed by atoms with Gasteiger partial charge in [-0.2, -0.15) is 0 Å². The maximum Gasteiger partial charge on any atom is 0.408 e. The summed E-state index contributed by atoms with van der Waals surface area (Å²) in [6.45, 7) is 2.31. The lowest BCUT2D eigenvalue weighted by Crippen LogP contribution is -2.54. The minimum absolute atomic E-state index is 0.00150. The maximum atomic E-state index is 13.6. The van der Waals surface area contributed by atoms with E-state index >= 15 is 0 Å². The van der Waals surface area contributed by atoms with Gasteiger partial charge in [-0.3, -0.25) is 19.2 Å². The molecule has 0 bridgehead atoms. The van der Waals surface area contributed by atoms with Gasteiger partial charge in [0.1, 0.15) is 25.3 Å². The van der Waals surface area contributed by atoms with Crippen molar-refractivity contribution in [1.82, 2.24) is 25.9 Å². The summed E-state index contributed by atoms with van der Waals surface area (Å²) in [5.41, 5.74) is 0.694. The van der Waals surface area contributed by atoms with Gasteiger partial charge in [-0.1, -0.05) is 55.8 Å². The number of carbonyl (C=O) groups excluding carboxylic acids is 5. The van der Waals surface area contributed by atoms with Crippen molar-refractivity contribution in [3.05, 3.63) is 34.9 Å². The van der Waals surface area contributed by atoms with Crippen LogP contribution in [0.1, 0.15) is 63.9 Å². The van der Waals surface area contributed by atoms with E-state index in [2.05, 4.69) is 16.0 Å². The number of alkyl carbamates (subject to hydrolysis) is 2. The van der Waals surface area contributed by atoms with Gasteiger partial charge in [0.05, 0.1) is 13.7 Å². The number of ether oxygens (including phenoxy) is 2. The van der Waals surface area contributed by atoms with Crippen LogP contribution in [-0.2, 0) is 35.3 Å². The van der Waals surface area contributed by atoms with Gasteiger partial charge in [0, 0.05) is 32.1 Å². The molecule has 246 valence electrons. The molecule has 2 rings (SSSR count). The number of hydroxylamine groups is 2. The van der Waals surface area contributed by atoms with Crippen molar-refractivity contribution in [2.75, 3.05) is 40.9 Å². The van der Waals surface area contributed by atoms with Gasteiger partial charge in [0.25, 0.3) is 5.91 Å². The second-order valence-corrected chi connectivity index (χ2v) is 11.2. The van der Waals surface area contributed by atoms with Crippen LogP contribution >= 0.6 is 11.6 Å². The van der Waals surface area contributed by atoms with Crippen molar-refractivity contribution < 1.29 is 38.3 Å². The van der Waals surface area contributed by atoms with Gasteiger partial charge >= 0.3 is 12.2 Å². The molecule has 5 amide bonds. The van der Waals surface area contributed by atoms with Gasteiger partial charge in [-0.25, -0.2) is 14.7 Å². The van der Waals surface area contributed by atoms with Crippen LogP contribution in [0.25, 0.3) is 0 Å². The Bertz CT molecular complexity index is 1100. The molecule has 1 aliphatic carbocycles. The van der Waals surface area contributed by atoms with E-state index in [1.54, 1.807) is 38.2 Å². The summed E-state index contributed by atoms with van der Waals surface area (Å²) >= 11 is 6.02. The Hall–Kier alpha value is -3.58. The van der Waals surface area contributed by atoms with Crippen LogP contribution in [0.4, 0.5) is 9.59 Å².